The highest BCUT2D eigenvalue weighted by molar-refractivity contribution is 5.85. The van der Waals surface area contributed by atoms with Gasteiger partial charge in [0, 0.05) is 12.2 Å². The maximum atomic E-state index is 6.08. The van der Waals surface area contributed by atoms with E-state index < -0.39 is 0 Å². The number of aryl methyl sites for hydroxylation is 1. The molecule has 0 unspecified atom stereocenters. The fraction of sp³-hybridized carbons (Fsp3) is 0.120. The lowest BCUT2D eigenvalue weighted by atomic mass is 10.1. The van der Waals surface area contributed by atoms with E-state index in [1.807, 2.05) is 12.1 Å². The number of benzene rings is 4. The minimum atomic E-state index is 0.566. The predicted molar refractivity (Wildman–Crippen MR) is 113 cm³/mol. The second kappa shape index (κ2) is 7.96. The highest BCUT2D eigenvalue weighted by atomic mass is 16.5. The van der Waals surface area contributed by atoms with Gasteiger partial charge < -0.3 is 10.1 Å². The zero-order valence-electron chi connectivity index (χ0n) is 15.5. The molecule has 0 atom stereocenters. The largest absolute Gasteiger partial charge is 0.489 e. The second-order valence-electron chi connectivity index (χ2n) is 6.80. The van der Waals surface area contributed by atoms with Crippen molar-refractivity contribution in [2.24, 2.45) is 0 Å². The maximum absolute atomic E-state index is 6.08. The molecule has 0 radical (unpaired) electrons. The summed E-state index contributed by atoms with van der Waals surface area (Å²) in [6.45, 7) is 3.44. The minimum absolute atomic E-state index is 0.566. The molecule has 0 aromatic heterocycles. The highest BCUT2D eigenvalue weighted by Gasteiger charge is 2.03. The first-order valence-corrected chi connectivity index (χ1v) is 9.27. The Hall–Kier alpha value is -3.26. The summed E-state index contributed by atoms with van der Waals surface area (Å²) < 4.78 is 6.08. The molecule has 4 rings (SSSR count). The molecule has 0 fully saturated rings. The summed E-state index contributed by atoms with van der Waals surface area (Å²) in [7, 11) is 0. The Kier molecular flexibility index (Phi) is 5.06. The molecule has 0 saturated carbocycles. The fourth-order valence-electron chi connectivity index (χ4n) is 3.28. The molecule has 0 saturated heterocycles. The Morgan fingerprint density at radius 2 is 1.59 bits per heavy atom. The van der Waals surface area contributed by atoms with Crippen LogP contribution in [0.3, 0.4) is 0 Å². The summed E-state index contributed by atoms with van der Waals surface area (Å²) in [4.78, 5) is 0. The van der Waals surface area contributed by atoms with Crippen LogP contribution in [0.5, 0.6) is 5.75 Å². The second-order valence-corrected chi connectivity index (χ2v) is 6.80. The van der Waals surface area contributed by atoms with Crippen LogP contribution in [0.15, 0.2) is 91.0 Å². The average molecular weight is 353 g/mol. The van der Waals surface area contributed by atoms with Crippen molar-refractivity contribution in [3.8, 4) is 5.75 Å². The Bertz CT molecular complexity index is 1050. The Morgan fingerprint density at radius 3 is 2.52 bits per heavy atom. The Morgan fingerprint density at radius 1 is 0.778 bits per heavy atom. The highest BCUT2D eigenvalue weighted by Crippen LogP contribution is 2.21. The van der Waals surface area contributed by atoms with Crippen molar-refractivity contribution >= 4 is 16.5 Å². The van der Waals surface area contributed by atoms with Gasteiger partial charge in [-0.15, -0.1) is 0 Å². The molecule has 0 bridgehead atoms. The molecular weight excluding hydrogens is 330 g/mol. The number of rotatable bonds is 6. The van der Waals surface area contributed by atoms with Crippen LogP contribution >= 0.6 is 0 Å². The van der Waals surface area contributed by atoms with Gasteiger partial charge in [0.2, 0.25) is 0 Å². The van der Waals surface area contributed by atoms with Crippen LogP contribution in [0.1, 0.15) is 16.7 Å². The molecule has 0 aliphatic heterocycles. The van der Waals surface area contributed by atoms with E-state index in [1.165, 1.54) is 27.5 Å². The molecular formula is C25H23NO. The lowest BCUT2D eigenvalue weighted by Gasteiger charge is -2.11. The summed E-state index contributed by atoms with van der Waals surface area (Å²) in [6.07, 6.45) is 0. The van der Waals surface area contributed by atoms with Crippen molar-refractivity contribution in [2.45, 2.75) is 20.1 Å². The topological polar surface area (TPSA) is 21.3 Å². The van der Waals surface area contributed by atoms with Gasteiger partial charge in [0.15, 0.2) is 0 Å². The van der Waals surface area contributed by atoms with E-state index in [1.54, 1.807) is 0 Å². The molecule has 4 aromatic rings. The number of hydrogen-bond donors (Lipinski definition) is 1. The van der Waals surface area contributed by atoms with E-state index in [9.17, 15) is 0 Å². The third-order valence-electron chi connectivity index (χ3n) is 4.69. The molecule has 134 valence electrons. The smallest absolute Gasteiger partial charge is 0.120 e. The molecule has 27 heavy (non-hydrogen) atoms. The van der Waals surface area contributed by atoms with Crippen molar-refractivity contribution in [1.82, 2.24) is 0 Å². The molecule has 0 aliphatic carbocycles. The van der Waals surface area contributed by atoms with Crippen LogP contribution in [0.4, 0.5) is 5.69 Å². The van der Waals surface area contributed by atoms with Gasteiger partial charge in [0.25, 0.3) is 0 Å². The third kappa shape index (κ3) is 4.29. The summed E-state index contributed by atoms with van der Waals surface area (Å²) in [5.41, 5.74) is 4.80. The van der Waals surface area contributed by atoms with Gasteiger partial charge in [-0.3, -0.25) is 0 Å². The van der Waals surface area contributed by atoms with Crippen molar-refractivity contribution in [3.63, 3.8) is 0 Å². The van der Waals surface area contributed by atoms with E-state index in [-0.39, 0.29) is 0 Å². The monoisotopic (exact) mass is 353 g/mol. The van der Waals surface area contributed by atoms with Gasteiger partial charge in [-0.25, -0.2) is 0 Å². The van der Waals surface area contributed by atoms with E-state index >= 15 is 0 Å². The zero-order valence-corrected chi connectivity index (χ0v) is 15.5. The zero-order chi connectivity index (χ0) is 18.5. The number of nitrogens with one attached hydrogen (secondary N) is 1. The van der Waals surface area contributed by atoms with Gasteiger partial charge >= 0.3 is 0 Å². The van der Waals surface area contributed by atoms with Crippen LogP contribution < -0.4 is 10.1 Å². The van der Waals surface area contributed by atoms with Crippen LogP contribution in [0, 0.1) is 6.92 Å². The summed E-state index contributed by atoms with van der Waals surface area (Å²) >= 11 is 0. The van der Waals surface area contributed by atoms with Gasteiger partial charge in [-0.05, 0) is 58.7 Å². The van der Waals surface area contributed by atoms with E-state index in [0.717, 1.165) is 18.0 Å². The van der Waals surface area contributed by atoms with E-state index in [2.05, 4.69) is 91.1 Å². The van der Waals surface area contributed by atoms with E-state index in [4.69, 9.17) is 4.74 Å². The van der Waals surface area contributed by atoms with Crippen molar-refractivity contribution in [2.75, 3.05) is 5.32 Å². The average Bonchev–Trinajstić information content (AvgIpc) is 2.71. The number of ether oxygens (including phenoxy) is 1. The first-order valence-electron chi connectivity index (χ1n) is 9.27. The van der Waals surface area contributed by atoms with Crippen molar-refractivity contribution in [1.29, 1.82) is 0 Å². The lowest BCUT2D eigenvalue weighted by molar-refractivity contribution is 0.307. The van der Waals surface area contributed by atoms with Crippen molar-refractivity contribution in [3.05, 3.63) is 108 Å². The molecule has 0 amide bonds. The molecule has 0 spiro atoms. The quantitative estimate of drug-likeness (QED) is 0.437. The number of anilines is 1. The minimum Gasteiger partial charge on any atom is -0.489 e. The fourth-order valence-corrected chi connectivity index (χ4v) is 3.28. The summed E-state index contributed by atoms with van der Waals surface area (Å²) in [5, 5.41) is 5.96. The van der Waals surface area contributed by atoms with Crippen molar-refractivity contribution < 1.29 is 4.74 Å². The Balaban J connectivity index is 1.43. The standard InChI is InChI=1S/C25H23NO/c1-19-7-4-12-23(15-19)26-17-20-8-5-13-24(16-20)27-18-22-11-6-10-21-9-2-3-14-25(21)22/h2-16,26H,17-18H2,1H3. The third-order valence-corrected chi connectivity index (χ3v) is 4.69. The number of fused-ring (bicyclic) bond motifs is 1. The van der Waals surface area contributed by atoms with Crippen LogP contribution in [0.25, 0.3) is 10.8 Å². The lowest BCUT2D eigenvalue weighted by Crippen LogP contribution is -2.01. The number of hydrogen-bond acceptors (Lipinski definition) is 2. The molecule has 1 N–H and O–H groups in total. The normalized spacial score (nSPS) is 10.7. The maximum Gasteiger partial charge on any atom is 0.120 e. The Labute approximate surface area is 160 Å². The van der Waals surface area contributed by atoms with Crippen LogP contribution in [-0.2, 0) is 13.2 Å². The van der Waals surface area contributed by atoms with Gasteiger partial charge in [-0.2, -0.15) is 0 Å². The van der Waals surface area contributed by atoms with Gasteiger partial charge in [0.1, 0.15) is 12.4 Å². The molecule has 4 aromatic carbocycles. The van der Waals surface area contributed by atoms with Gasteiger partial charge in [0.05, 0.1) is 0 Å². The van der Waals surface area contributed by atoms with Crippen LogP contribution in [0.2, 0.25) is 0 Å². The molecule has 0 aliphatic rings. The summed E-state index contributed by atoms with van der Waals surface area (Å²) in [6, 6.07) is 31.5. The molecule has 0 heterocycles. The first kappa shape index (κ1) is 17.2. The summed E-state index contributed by atoms with van der Waals surface area (Å²) in [5.74, 6) is 0.895. The SMILES string of the molecule is Cc1cccc(NCc2cccc(OCc3cccc4ccccc34)c2)c1. The first-order chi connectivity index (χ1) is 13.3. The van der Waals surface area contributed by atoms with E-state index in [0.29, 0.717) is 6.61 Å². The predicted octanol–water partition coefficient (Wildman–Crippen LogP) is 6.34. The molecule has 2 heteroatoms. The van der Waals surface area contributed by atoms with Crippen LogP contribution in [-0.4, -0.2) is 0 Å². The van der Waals surface area contributed by atoms with Gasteiger partial charge in [-0.1, -0.05) is 66.7 Å². The molecule has 2 nitrogen and oxygen atoms in total.